The number of carbonyl (C=O) groups excluding carboxylic acids is 2. The van der Waals surface area contributed by atoms with Crippen molar-refractivity contribution >= 4 is 11.8 Å². The summed E-state index contributed by atoms with van der Waals surface area (Å²) in [5.41, 5.74) is 0.414. The number of benzene rings is 1. The number of rotatable bonds is 6. The Kier molecular flexibility index (Phi) is 5.51. The monoisotopic (exact) mass is 266 g/mol. The van der Waals surface area contributed by atoms with Crippen LogP contribution < -0.4 is 4.74 Å². The van der Waals surface area contributed by atoms with Crippen molar-refractivity contribution in [1.82, 2.24) is 0 Å². The van der Waals surface area contributed by atoms with Gasteiger partial charge in [-0.15, -0.1) is 0 Å². The number of aliphatic hydroxyl groups excluding tert-OH is 1. The third-order valence-electron chi connectivity index (χ3n) is 2.79. The molecule has 5 heteroatoms. The van der Waals surface area contributed by atoms with Crippen molar-refractivity contribution in [3.63, 3.8) is 0 Å². The Balaban J connectivity index is 2.77. The smallest absolute Gasteiger partial charge is 0.335 e. The van der Waals surface area contributed by atoms with Crippen LogP contribution in [0.4, 0.5) is 0 Å². The van der Waals surface area contributed by atoms with E-state index in [0.717, 1.165) is 0 Å². The summed E-state index contributed by atoms with van der Waals surface area (Å²) < 4.78 is 9.68. The van der Waals surface area contributed by atoms with Gasteiger partial charge in [0, 0.05) is 5.56 Å². The maximum atomic E-state index is 12.1. The van der Waals surface area contributed by atoms with Crippen LogP contribution in [0, 0.1) is 5.92 Å². The Labute approximate surface area is 112 Å². The quantitative estimate of drug-likeness (QED) is 0.623. The zero-order valence-corrected chi connectivity index (χ0v) is 11.3. The number of esters is 1. The number of carbonyl (C=O) groups is 2. The second kappa shape index (κ2) is 6.89. The second-order valence-corrected chi connectivity index (χ2v) is 4.08. The molecular formula is C14H18O5. The van der Waals surface area contributed by atoms with E-state index in [9.17, 15) is 14.7 Å². The number of ether oxygens (including phenoxy) is 2. The molecule has 0 aliphatic rings. The lowest BCUT2D eigenvalue weighted by Crippen LogP contribution is -2.34. The summed E-state index contributed by atoms with van der Waals surface area (Å²) in [5, 5.41) is 9.73. The van der Waals surface area contributed by atoms with Gasteiger partial charge in [0.25, 0.3) is 0 Å². The molecule has 0 aliphatic heterocycles. The van der Waals surface area contributed by atoms with Crippen LogP contribution in [0.5, 0.6) is 5.75 Å². The highest BCUT2D eigenvalue weighted by molar-refractivity contribution is 6.00. The van der Waals surface area contributed by atoms with Crippen molar-refractivity contribution in [1.29, 1.82) is 0 Å². The van der Waals surface area contributed by atoms with Crippen LogP contribution in [-0.2, 0) is 9.53 Å². The van der Waals surface area contributed by atoms with E-state index in [1.807, 2.05) is 0 Å². The molecule has 5 nitrogen and oxygen atoms in total. The van der Waals surface area contributed by atoms with Crippen LogP contribution in [0.3, 0.4) is 0 Å². The maximum absolute atomic E-state index is 12.1. The normalized spacial score (nSPS) is 13.5. The lowest BCUT2D eigenvalue weighted by molar-refractivity contribution is -0.154. The molecule has 2 atom stereocenters. The number of aliphatic hydroxyl groups is 1. The molecule has 0 bridgehead atoms. The summed E-state index contributed by atoms with van der Waals surface area (Å²) in [6.45, 7) is 3.30. The Hall–Kier alpha value is -1.88. The molecule has 0 fully saturated rings. The largest absolute Gasteiger partial charge is 0.497 e. The molecule has 0 aromatic heterocycles. The first kappa shape index (κ1) is 15.2. The van der Waals surface area contributed by atoms with Crippen molar-refractivity contribution in [2.75, 3.05) is 13.7 Å². The van der Waals surface area contributed by atoms with E-state index < -0.39 is 18.0 Å². The maximum Gasteiger partial charge on any atom is 0.335 e. The average Bonchev–Trinajstić information content (AvgIpc) is 2.45. The van der Waals surface area contributed by atoms with Gasteiger partial charge in [-0.25, -0.2) is 4.79 Å². The van der Waals surface area contributed by atoms with E-state index in [0.29, 0.717) is 11.3 Å². The summed E-state index contributed by atoms with van der Waals surface area (Å²) in [6, 6.07) is 6.48. The summed E-state index contributed by atoms with van der Waals surface area (Å²) in [4.78, 5) is 23.5. The molecule has 0 aliphatic carbocycles. The summed E-state index contributed by atoms with van der Waals surface area (Å²) in [6.07, 6.45) is -1.45. The third kappa shape index (κ3) is 3.79. The van der Waals surface area contributed by atoms with Crippen LogP contribution >= 0.6 is 0 Å². The van der Waals surface area contributed by atoms with Crippen molar-refractivity contribution in [2.45, 2.75) is 20.0 Å². The Morgan fingerprint density at radius 3 is 2.32 bits per heavy atom. The van der Waals surface area contributed by atoms with Gasteiger partial charge in [-0.3, -0.25) is 4.79 Å². The lowest BCUT2D eigenvalue weighted by atomic mass is 9.94. The molecule has 1 aromatic rings. The van der Waals surface area contributed by atoms with Gasteiger partial charge in [-0.1, -0.05) is 6.92 Å². The number of hydrogen-bond acceptors (Lipinski definition) is 5. The minimum atomic E-state index is -1.45. The fourth-order valence-corrected chi connectivity index (χ4v) is 1.59. The topological polar surface area (TPSA) is 72.8 Å². The molecule has 0 heterocycles. The van der Waals surface area contributed by atoms with Crippen LogP contribution in [0.15, 0.2) is 24.3 Å². The van der Waals surface area contributed by atoms with E-state index in [4.69, 9.17) is 4.74 Å². The van der Waals surface area contributed by atoms with Gasteiger partial charge in [-0.05, 0) is 31.2 Å². The zero-order chi connectivity index (χ0) is 14.4. The van der Waals surface area contributed by atoms with Gasteiger partial charge in [0.1, 0.15) is 5.75 Å². The van der Waals surface area contributed by atoms with Crippen molar-refractivity contribution in [3.8, 4) is 5.75 Å². The Bertz CT molecular complexity index is 438. The fraction of sp³-hybridized carbons (Fsp3) is 0.429. The average molecular weight is 266 g/mol. The summed E-state index contributed by atoms with van der Waals surface area (Å²) in [7, 11) is 1.53. The standard InChI is InChI=1S/C14H18O5/c1-4-19-14(17)13(16)9(2)12(15)10-5-7-11(18-3)8-6-10/h5-9,13,16H,4H2,1-3H3/t9-,13+/m1/s1. The van der Waals surface area contributed by atoms with Crippen molar-refractivity contribution < 1.29 is 24.2 Å². The van der Waals surface area contributed by atoms with Crippen molar-refractivity contribution in [2.24, 2.45) is 5.92 Å². The Morgan fingerprint density at radius 2 is 1.84 bits per heavy atom. The lowest BCUT2D eigenvalue weighted by Gasteiger charge is -2.16. The van der Waals surface area contributed by atoms with E-state index in [1.54, 1.807) is 31.2 Å². The molecule has 1 N–H and O–H groups in total. The molecule has 0 amide bonds. The minimum Gasteiger partial charge on any atom is -0.497 e. The van der Waals surface area contributed by atoms with Gasteiger partial charge in [0.05, 0.1) is 19.6 Å². The van der Waals surface area contributed by atoms with Crippen LogP contribution in [0.1, 0.15) is 24.2 Å². The molecular weight excluding hydrogens is 248 g/mol. The number of hydrogen-bond donors (Lipinski definition) is 1. The fourth-order valence-electron chi connectivity index (χ4n) is 1.59. The molecule has 0 spiro atoms. The van der Waals surface area contributed by atoms with Gasteiger partial charge in [0.15, 0.2) is 11.9 Å². The van der Waals surface area contributed by atoms with E-state index in [-0.39, 0.29) is 12.4 Å². The molecule has 1 aromatic carbocycles. The highest BCUT2D eigenvalue weighted by atomic mass is 16.5. The molecule has 0 saturated heterocycles. The van der Waals surface area contributed by atoms with E-state index in [2.05, 4.69) is 4.74 Å². The summed E-state index contributed by atoms with van der Waals surface area (Å²) >= 11 is 0. The minimum absolute atomic E-state index is 0.166. The second-order valence-electron chi connectivity index (χ2n) is 4.08. The highest BCUT2D eigenvalue weighted by Crippen LogP contribution is 2.17. The molecule has 0 saturated carbocycles. The highest BCUT2D eigenvalue weighted by Gasteiger charge is 2.29. The molecule has 0 unspecified atom stereocenters. The molecule has 1 rings (SSSR count). The number of Topliss-reactive ketones (excluding diaryl/α,β-unsaturated/α-hetero) is 1. The summed E-state index contributed by atoms with van der Waals surface area (Å²) in [5.74, 6) is -1.32. The van der Waals surface area contributed by atoms with Crippen molar-refractivity contribution in [3.05, 3.63) is 29.8 Å². The zero-order valence-electron chi connectivity index (χ0n) is 11.3. The predicted octanol–water partition coefficient (Wildman–Crippen LogP) is 1.44. The van der Waals surface area contributed by atoms with Gasteiger partial charge >= 0.3 is 5.97 Å². The number of methoxy groups -OCH3 is 1. The van der Waals surface area contributed by atoms with E-state index in [1.165, 1.54) is 14.0 Å². The molecule has 19 heavy (non-hydrogen) atoms. The van der Waals surface area contributed by atoms with E-state index >= 15 is 0 Å². The molecule has 104 valence electrons. The first-order valence-corrected chi connectivity index (χ1v) is 6.04. The van der Waals surface area contributed by atoms with Gasteiger partial charge in [0.2, 0.25) is 0 Å². The first-order valence-electron chi connectivity index (χ1n) is 6.04. The predicted molar refractivity (Wildman–Crippen MR) is 69.1 cm³/mol. The third-order valence-corrected chi connectivity index (χ3v) is 2.79. The van der Waals surface area contributed by atoms with Crippen LogP contribution in [0.2, 0.25) is 0 Å². The SMILES string of the molecule is CCOC(=O)[C@@H](O)[C@H](C)C(=O)c1ccc(OC)cc1. The van der Waals surface area contributed by atoms with Crippen LogP contribution in [-0.4, -0.2) is 36.7 Å². The van der Waals surface area contributed by atoms with Gasteiger partial charge < -0.3 is 14.6 Å². The van der Waals surface area contributed by atoms with Gasteiger partial charge in [-0.2, -0.15) is 0 Å². The van der Waals surface area contributed by atoms with Crippen LogP contribution in [0.25, 0.3) is 0 Å². The Morgan fingerprint density at radius 1 is 1.26 bits per heavy atom. The first-order chi connectivity index (χ1) is 9.01. The number of ketones is 1. The molecule has 0 radical (unpaired) electrons.